The van der Waals surface area contributed by atoms with Crippen molar-refractivity contribution in [3.05, 3.63) is 75.3 Å². The summed E-state index contributed by atoms with van der Waals surface area (Å²) in [6.07, 6.45) is 0.709. The van der Waals surface area contributed by atoms with E-state index in [0.29, 0.717) is 11.1 Å². The molecule has 0 bridgehead atoms. The molecule has 1 N–H and O–H groups in total. The summed E-state index contributed by atoms with van der Waals surface area (Å²) in [5.41, 5.74) is 0.846. The van der Waals surface area contributed by atoms with E-state index < -0.39 is 22.9 Å². The maximum atomic E-state index is 12.5. The molecule has 26 heavy (non-hydrogen) atoms. The first-order chi connectivity index (χ1) is 12.5. The number of benzene rings is 2. The fourth-order valence-electron chi connectivity index (χ4n) is 2.51. The van der Waals surface area contributed by atoms with E-state index in [4.69, 9.17) is 4.74 Å². The third-order valence-electron chi connectivity index (χ3n) is 4.13. The molecule has 7 nitrogen and oxygen atoms in total. The van der Waals surface area contributed by atoms with Gasteiger partial charge in [0.1, 0.15) is 0 Å². The molecule has 1 atom stereocenters. The van der Waals surface area contributed by atoms with E-state index in [1.54, 1.807) is 37.3 Å². The number of nitrogens with one attached hydrogen (secondary N) is 1. The number of nitrogens with zero attached hydrogens (tertiary/aromatic N) is 1. The maximum Gasteiger partial charge on any atom is 0.339 e. The van der Waals surface area contributed by atoms with Crippen molar-refractivity contribution in [2.45, 2.75) is 31.9 Å². The first-order valence-corrected chi connectivity index (χ1v) is 8.27. The number of nitro groups is 1. The minimum atomic E-state index is -1.11. The number of hydrogen-bond acceptors (Lipinski definition) is 5. The van der Waals surface area contributed by atoms with Crippen LogP contribution in [0.4, 0.5) is 5.69 Å². The van der Waals surface area contributed by atoms with E-state index >= 15 is 0 Å². The van der Waals surface area contributed by atoms with Crippen LogP contribution in [-0.4, -0.2) is 22.8 Å². The summed E-state index contributed by atoms with van der Waals surface area (Å²) in [4.78, 5) is 35.5. The van der Waals surface area contributed by atoms with Crippen LogP contribution in [0.3, 0.4) is 0 Å². The van der Waals surface area contributed by atoms with Crippen molar-refractivity contribution in [2.75, 3.05) is 0 Å². The van der Waals surface area contributed by atoms with E-state index in [2.05, 4.69) is 5.32 Å². The van der Waals surface area contributed by atoms with Crippen molar-refractivity contribution < 1.29 is 19.2 Å². The van der Waals surface area contributed by atoms with Gasteiger partial charge in [-0.3, -0.25) is 14.9 Å². The largest absolute Gasteiger partial charge is 0.444 e. The fraction of sp³-hybridized carbons (Fsp3) is 0.263. The SMILES string of the molecule is Cc1ccc(C(=O)O[C@@H](C(=O)NC2CC2)c2ccccc2)cc1[N+](=O)[O-]. The predicted octanol–water partition coefficient (Wildman–Crippen LogP) is 3.08. The van der Waals surface area contributed by atoms with Crippen molar-refractivity contribution in [1.29, 1.82) is 0 Å². The molecule has 7 heteroatoms. The number of ether oxygens (including phenoxy) is 1. The Kier molecular flexibility index (Phi) is 4.97. The Hall–Kier alpha value is -3.22. The molecular weight excluding hydrogens is 336 g/mol. The van der Waals surface area contributed by atoms with Gasteiger partial charge in [0.05, 0.1) is 10.5 Å². The predicted molar refractivity (Wildman–Crippen MR) is 93.6 cm³/mol. The van der Waals surface area contributed by atoms with Gasteiger partial charge in [-0.05, 0) is 25.8 Å². The molecule has 0 aliphatic heterocycles. The van der Waals surface area contributed by atoms with Crippen molar-refractivity contribution >= 4 is 17.6 Å². The van der Waals surface area contributed by atoms with Gasteiger partial charge >= 0.3 is 5.97 Å². The van der Waals surface area contributed by atoms with Gasteiger partial charge in [0.25, 0.3) is 11.6 Å². The minimum absolute atomic E-state index is 0.0300. The topological polar surface area (TPSA) is 98.5 Å². The quantitative estimate of drug-likeness (QED) is 0.488. The van der Waals surface area contributed by atoms with E-state index in [1.165, 1.54) is 18.2 Å². The number of aryl methyl sites for hydroxylation is 1. The van der Waals surface area contributed by atoms with Crippen LogP contribution in [0.15, 0.2) is 48.5 Å². The second kappa shape index (κ2) is 7.35. The van der Waals surface area contributed by atoms with Crippen LogP contribution < -0.4 is 5.32 Å². The lowest BCUT2D eigenvalue weighted by molar-refractivity contribution is -0.385. The highest BCUT2D eigenvalue weighted by atomic mass is 16.6. The molecule has 0 unspecified atom stereocenters. The van der Waals surface area contributed by atoms with Gasteiger partial charge in [-0.25, -0.2) is 4.79 Å². The Morgan fingerprint density at radius 1 is 1.19 bits per heavy atom. The molecule has 0 heterocycles. The lowest BCUT2D eigenvalue weighted by atomic mass is 10.1. The molecule has 3 rings (SSSR count). The second-order valence-electron chi connectivity index (χ2n) is 6.24. The Morgan fingerprint density at radius 3 is 2.50 bits per heavy atom. The van der Waals surface area contributed by atoms with E-state index in [0.717, 1.165) is 12.8 Å². The number of carbonyl (C=O) groups is 2. The van der Waals surface area contributed by atoms with Crippen LogP contribution >= 0.6 is 0 Å². The van der Waals surface area contributed by atoms with E-state index in [-0.39, 0.29) is 17.3 Å². The Balaban J connectivity index is 1.84. The smallest absolute Gasteiger partial charge is 0.339 e. The zero-order valence-electron chi connectivity index (χ0n) is 14.2. The van der Waals surface area contributed by atoms with Crippen molar-refractivity contribution in [3.8, 4) is 0 Å². The van der Waals surface area contributed by atoms with Crippen molar-refractivity contribution in [1.82, 2.24) is 5.32 Å². The Labute approximate surface area is 150 Å². The molecule has 1 aliphatic rings. The summed E-state index contributed by atoms with van der Waals surface area (Å²) in [6.45, 7) is 1.59. The Morgan fingerprint density at radius 2 is 1.88 bits per heavy atom. The summed E-state index contributed by atoms with van der Waals surface area (Å²) in [5.74, 6) is -1.18. The van der Waals surface area contributed by atoms with E-state index in [9.17, 15) is 19.7 Å². The van der Waals surface area contributed by atoms with Gasteiger partial charge in [-0.1, -0.05) is 36.4 Å². The molecule has 0 radical (unpaired) electrons. The summed E-state index contributed by atoms with van der Waals surface area (Å²) >= 11 is 0. The molecule has 2 aromatic carbocycles. The highest BCUT2D eigenvalue weighted by Gasteiger charge is 2.31. The highest BCUT2D eigenvalue weighted by Crippen LogP contribution is 2.25. The first kappa shape index (κ1) is 17.6. The average Bonchev–Trinajstić information content (AvgIpc) is 3.44. The van der Waals surface area contributed by atoms with Crippen LogP contribution in [0, 0.1) is 17.0 Å². The lowest BCUT2D eigenvalue weighted by Crippen LogP contribution is -2.33. The molecular formula is C19H18N2O5. The molecule has 134 valence electrons. The van der Waals surface area contributed by atoms with Gasteiger partial charge < -0.3 is 10.1 Å². The van der Waals surface area contributed by atoms with Crippen molar-refractivity contribution in [3.63, 3.8) is 0 Å². The number of hydrogen-bond donors (Lipinski definition) is 1. The number of nitro benzene ring substituents is 1. The maximum absolute atomic E-state index is 12.5. The third-order valence-corrected chi connectivity index (χ3v) is 4.13. The van der Waals surface area contributed by atoms with Crippen LogP contribution in [0.5, 0.6) is 0 Å². The molecule has 0 saturated heterocycles. The van der Waals surface area contributed by atoms with Gasteiger partial charge in [0.15, 0.2) is 0 Å². The zero-order chi connectivity index (χ0) is 18.7. The van der Waals surface area contributed by atoms with E-state index in [1.807, 2.05) is 0 Å². The molecule has 0 aromatic heterocycles. The molecule has 2 aromatic rings. The first-order valence-electron chi connectivity index (χ1n) is 8.27. The summed E-state index contributed by atoms with van der Waals surface area (Å²) in [6, 6.07) is 12.9. The van der Waals surface area contributed by atoms with Crippen LogP contribution in [-0.2, 0) is 9.53 Å². The highest BCUT2D eigenvalue weighted by molar-refractivity contribution is 5.93. The molecule has 1 amide bonds. The molecule has 1 saturated carbocycles. The summed E-state index contributed by atoms with van der Waals surface area (Å²) in [7, 11) is 0. The zero-order valence-corrected chi connectivity index (χ0v) is 14.2. The fourth-order valence-corrected chi connectivity index (χ4v) is 2.51. The number of carbonyl (C=O) groups excluding carboxylic acids is 2. The van der Waals surface area contributed by atoms with Crippen molar-refractivity contribution in [2.24, 2.45) is 0 Å². The Bertz CT molecular complexity index is 846. The number of rotatable bonds is 6. The normalized spacial score (nSPS) is 14.3. The van der Waals surface area contributed by atoms with Gasteiger partial charge in [0, 0.05) is 23.2 Å². The van der Waals surface area contributed by atoms with Crippen LogP contribution in [0.2, 0.25) is 0 Å². The summed E-state index contributed by atoms with van der Waals surface area (Å²) < 4.78 is 5.41. The van der Waals surface area contributed by atoms with Gasteiger partial charge in [-0.15, -0.1) is 0 Å². The summed E-state index contributed by atoms with van der Waals surface area (Å²) in [5, 5.41) is 13.9. The molecule has 1 fully saturated rings. The third kappa shape index (κ3) is 4.05. The van der Waals surface area contributed by atoms with Gasteiger partial charge in [-0.2, -0.15) is 0 Å². The van der Waals surface area contributed by atoms with Gasteiger partial charge in [0.2, 0.25) is 6.10 Å². The lowest BCUT2D eigenvalue weighted by Gasteiger charge is -2.18. The standard InChI is InChI=1S/C19H18N2O5/c1-12-7-8-14(11-16(12)21(24)25)19(23)26-17(13-5-3-2-4-6-13)18(22)20-15-9-10-15/h2-8,11,15,17H,9-10H2,1H3,(H,20,22)/t17-/m1/s1. The molecule has 1 aliphatic carbocycles. The average molecular weight is 354 g/mol. The van der Waals surface area contributed by atoms with Crippen LogP contribution in [0.25, 0.3) is 0 Å². The monoisotopic (exact) mass is 354 g/mol. The number of amides is 1. The second-order valence-corrected chi connectivity index (χ2v) is 6.24. The molecule has 0 spiro atoms. The number of esters is 1. The van der Waals surface area contributed by atoms with Crippen LogP contribution in [0.1, 0.15) is 40.4 Å². The minimum Gasteiger partial charge on any atom is -0.444 e.